The number of carbonyl (C=O) groups excluding carboxylic acids is 1. The molecule has 21 heavy (non-hydrogen) atoms. The number of amides is 1. The van der Waals surface area contributed by atoms with E-state index in [1.54, 1.807) is 0 Å². The van der Waals surface area contributed by atoms with Gasteiger partial charge in [0.2, 0.25) is 5.91 Å². The molecule has 0 bridgehead atoms. The number of carbonyl (C=O) groups is 1. The molecule has 1 heterocycles. The zero-order valence-corrected chi connectivity index (χ0v) is 13.6. The Labute approximate surface area is 131 Å². The molecule has 0 saturated heterocycles. The van der Waals surface area contributed by atoms with E-state index in [0.717, 1.165) is 31.5 Å². The van der Waals surface area contributed by atoms with Crippen LogP contribution in [0.3, 0.4) is 0 Å². The standard InChI is InChI=1S/C14H25N5OS/c1-3-7-14(8-4-2,12(15)21)13(20)16-9-5-6-11-17-10-18-19-11/h10H,3-9H2,1-2H3,(H2,15,21)(H,16,20)(H,17,18,19). The first-order chi connectivity index (χ1) is 10.1. The molecule has 1 rings (SSSR count). The highest BCUT2D eigenvalue weighted by atomic mass is 32.1. The van der Waals surface area contributed by atoms with Gasteiger partial charge in [-0.3, -0.25) is 9.89 Å². The summed E-state index contributed by atoms with van der Waals surface area (Å²) in [7, 11) is 0. The molecule has 7 heteroatoms. The zero-order chi connectivity index (χ0) is 15.7. The minimum absolute atomic E-state index is 0.0451. The van der Waals surface area contributed by atoms with Gasteiger partial charge in [0, 0.05) is 13.0 Å². The molecule has 1 amide bonds. The Morgan fingerprint density at radius 2 is 2.10 bits per heavy atom. The molecule has 1 aromatic rings. The number of hydrogen-bond acceptors (Lipinski definition) is 4. The summed E-state index contributed by atoms with van der Waals surface area (Å²) >= 11 is 5.17. The second-order valence-electron chi connectivity index (χ2n) is 5.24. The fourth-order valence-electron chi connectivity index (χ4n) is 2.54. The van der Waals surface area contributed by atoms with Crippen LogP contribution in [0.2, 0.25) is 0 Å². The molecule has 0 saturated carbocycles. The van der Waals surface area contributed by atoms with Crippen molar-refractivity contribution in [1.82, 2.24) is 20.5 Å². The molecule has 0 unspecified atom stereocenters. The fourth-order valence-corrected chi connectivity index (χ4v) is 2.84. The Kier molecular flexibility index (Phi) is 7.28. The monoisotopic (exact) mass is 311 g/mol. The van der Waals surface area contributed by atoms with Crippen molar-refractivity contribution >= 4 is 23.1 Å². The van der Waals surface area contributed by atoms with E-state index in [2.05, 4.69) is 20.5 Å². The Hall–Kier alpha value is -1.50. The quantitative estimate of drug-likeness (QED) is 0.451. The molecule has 0 fully saturated rings. The number of aryl methyl sites for hydroxylation is 1. The van der Waals surface area contributed by atoms with Crippen LogP contribution in [-0.4, -0.2) is 32.6 Å². The molecule has 0 aliphatic rings. The molecular weight excluding hydrogens is 286 g/mol. The van der Waals surface area contributed by atoms with Crippen molar-refractivity contribution in [3.63, 3.8) is 0 Å². The van der Waals surface area contributed by atoms with Gasteiger partial charge in [0.25, 0.3) is 0 Å². The Bertz CT molecular complexity index is 440. The minimum atomic E-state index is -0.703. The molecule has 118 valence electrons. The van der Waals surface area contributed by atoms with E-state index in [-0.39, 0.29) is 5.91 Å². The van der Waals surface area contributed by atoms with Crippen molar-refractivity contribution < 1.29 is 4.79 Å². The molecule has 0 atom stereocenters. The van der Waals surface area contributed by atoms with Crippen molar-refractivity contribution in [3.8, 4) is 0 Å². The van der Waals surface area contributed by atoms with Crippen molar-refractivity contribution in [1.29, 1.82) is 0 Å². The van der Waals surface area contributed by atoms with Crippen LogP contribution in [0.5, 0.6) is 0 Å². The zero-order valence-electron chi connectivity index (χ0n) is 12.8. The summed E-state index contributed by atoms with van der Waals surface area (Å²) in [4.78, 5) is 16.9. The van der Waals surface area contributed by atoms with Gasteiger partial charge in [0.05, 0.1) is 10.4 Å². The van der Waals surface area contributed by atoms with Gasteiger partial charge >= 0.3 is 0 Å². The molecule has 0 aromatic carbocycles. The number of aromatic amines is 1. The summed E-state index contributed by atoms with van der Waals surface area (Å²) in [6.45, 7) is 4.66. The largest absolute Gasteiger partial charge is 0.392 e. The second kappa shape index (κ2) is 8.71. The summed E-state index contributed by atoms with van der Waals surface area (Å²) in [6, 6.07) is 0. The lowest BCUT2D eigenvalue weighted by molar-refractivity contribution is -0.128. The van der Waals surface area contributed by atoms with Crippen LogP contribution >= 0.6 is 12.2 Å². The van der Waals surface area contributed by atoms with Gasteiger partial charge in [0.1, 0.15) is 12.2 Å². The lowest BCUT2D eigenvalue weighted by Gasteiger charge is -2.31. The van der Waals surface area contributed by atoms with Crippen molar-refractivity contribution in [3.05, 3.63) is 12.2 Å². The second-order valence-corrected chi connectivity index (χ2v) is 5.68. The molecule has 1 aromatic heterocycles. The van der Waals surface area contributed by atoms with Gasteiger partial charge in [-0.25, -0.2) is 4.98 Å². The Balaban J connectivity index is 2.53. The molecule has 0 aliphatic carbocycles. The number of hydrogen-bond donors (Lipinski definition) is 3. The van der Waals surface area contributed by atoms with E-state index in [4.69, 9.17) is 18.0 Å². The molecule has 0 spiro atoms. The predicted molar refractivity (Wildman–Crippen MR) is 86.7 cm³/mol. The number of nitrogens with two attached hydrogens (primary N) is 1. The summed E-state index contributed by atoms with van der Waals surface area (Å²) in [5.74, 6) is 0.781. The molecule has 6 nitrogen and oxygen atoms in total. The third-order valence-corrected chi connectivity index (χ3v) is 3.99. The number of thiocarbonyl (C=S) groups is 1. The van der Waals surface area contributed by atoms with Crippen LogP contribution in [0.15, 0.2) is 6.33 Å². The topological polar surface area (TPSA) is 96.7 Å². The average molecular weight is 311 g/mol. The third-order valence-electron chi connectivity index (χ3n) is 3.60. The summed E-state index contributed by atoms with van der Waals surface area (Å²) in [6.07, 6.45) is 6.18. The lowest BCUT2D eigenvalue weighted by Crippen LogP contribution is -2.49. The van der Waals surface area contributed by atoms with E-state index in [0.29, 0.717) is 24.4 Å². The lowest BCUT2D eigenvalue weighted by atomic mass is 9.78. The normalized spacial score (nSPS) is 11.3. The number of rotatable bonds is 10. The first-order valence-electron chi connectivity index (χ1n) is 7.49. The van der Waals surface area contributed by atoms with Gasteiger partial charge in [0.15, 0.2) is 0 Å². The summed E-state index contributed by atoms with van der Waals surface area (Å²) < 4.78 is 0. The van der Waals surface area contributed by atoms with Crippen LogP contribution in [-0.2, 0) is 11.2 Å². The van der Waals surface area contributed by atoms with E-state index in [9.17, 15) is 4.79 Å². The number of nitrogens with one attached hydrogen (secondary N) is 2. The van der Waals surface area contributed by atoms with Crippen LogP contribution in [0, 0.1) is 5.41 Å². The maximum absolute atomic E-state index is 12.5. The van der Waals surface area contributed by atoms with E-state index >= 15 is 0 Å². The van der Waals surface area contributed by atoms with Gasteiger partial charge in [-0.15, -0.1) is 0 Å². The predicted octanol–water partition coefficient (Wildman–Crippen LogP) is 1.73. The average Bonchev–Trinajstić information content (AvgIpc) is 2.95. The van der Waals surface area contributed by atoms with Crippen LogP contribution < -0.4 is 11.1 Å². The molecule has 4 N–H and O–H groups in total. The summed E-state index contributed by atoms with van der Waals surface area (Å²) in [5.41, 5.74) is 5.17. The number of H-pyrrole nitrogens is 1. The maximum atomic E-state index is 12.5. The van der Waals surface area contributed by atoms with Gasteiger partial charge in [-0.1, -0.05) is 38.9 Å². The van der Waals surface area contributed by atoms with Gasteiger partial charge < -0.3 is 11.1 Å². The number of aromatic nitrogens is 3. The van der Waals surface area contributed by atoms with Crippen molar-refractivity contribution in [2.45, 2.75) is 52.4 Å². The highest BCUT2D eigenvalue weighted by molar-refractivity contribution is 7.80. The highest BCUT2D eigenvalue weighted by Crippen LogP contribution is 2.30. The first-order valence-corrected chi connectivity index (χ1v) is 7.90. The van der Waals surface area contributed by atoms with Crippen molar-refractivity contribution in [2.75, 3.05) is 6.54 Å². The van der Waals surface area contributed by atoms with Crippen LogP contribution in [0.1, 0.15) is 51.8 Å². The maximum Gasteiger partial charge on any atom is 0.233 e. The SMILES string of the molecule is CCCC(CCC)(C(=O)NCCCc1ncn[nH]1)C(N)=S. The first kappa shape index (κ1) is 17.6. The minimum Gasteiger partial charge on any atom is -0.392 e. The van der Waals surface area contributed by atoms with Crippen LogP contribution in [0.4, 0.5) is 0 Å². The molecule has 0 aliphatic heterocycles. The Morgan fingerprint density at radius 3 is 2.57 bits per heavy atom. The van der Waals surface area contributed by atoms with E-state index in [1.807, 2.05) is 13.8 Å². The molecular formula is C14H25N5OS. The number of nitrogens with zero attached hydrogens (tertiary/aromatic N) is 2. The molecule has 0 radical (unpaired) electrons. The Morgan fingerprint density at radius 1 is 1.43 bits per heavy atom. The fraction of sp³-hybridized carbons (Fsp3) is 0.714. The smallest absolute Gasteiger partial charge is 0.233 e. The van der Waals surface area contributed by atoms with Gasteiger partial charge in [-0.05, 0) is 19.3 Å². The summed E-state index contributed by atoms with van der Waals surface area (Å²) in [5, 5.41) is 9.56. The van der Waals surface area contributed by atoms with Crippen molar-refractivity contribution in [2.24, 2.45) is 11.1 Å². The van der Waals surface area contributed by atoms with Gasteiger partial charge in [-0.2, -0.15) is 5.10 Å². The third kappa shape index (κ3) is 4.77. The van der Waals surface area contributed by atoms with E-state index < -0.39 is 5.41 Å². The van der Waals surface area contributed by atoms with E-state index in [1.165, 1.54) is 6.33 Å². The highest BCUT2D eigenvalue weighted by Gasteiger charge is 2.39. The van der Waals surface area contributed by atoms with Crippen LogP contribution in [0.25, 0.3) is 0 Å².